The molecular weight excluding hydrogens is 527 g/mol. The number of halogens is 3. The van der Waals surface area contributed by atoms with Crippen LogP contribution in [0.15, 0.2) is 54.7 Å². The second-order valence-corrected chi connectivity index (χ2v) is 9.87. The predicted molar refractivity (Wildman–Crippen MR) is 144 cm³/mol. The minimum atomic E-state index is -4.82. The van der Waals surface area contributed by atoms with Crippen LogP contribution in [0.25, 0.3) is 11.1 Å². The highest BCUT2D eigenvalue weighted by atomic mass is 19.4. The van der Waals surface area contributed by atoms with E-state index in [2.05, 4.69) is 15.6 Å². The first-order valence-corrected chi connectivity index (χ1v) is 12.4. The second kappa shape index (κ2) is 12.2. The number of hydrogen-bond donors (Lipinski definition) is 2. The van der Waals surface area contributed by atoms with Crippen molar-refractivity contribution in [1.82, 2.24) is 4.98 Å². The number of carbonyl (C=O) groups excluding carboxylic acids is 3. The van der Waals surface area contributed by atoms with Crippen LogP contribution in [0.1, 0.15) is 55.7 Å². The van der Waals surface area contributed by atoms with Crippen LogP contribution < -0.4 is 15.4 Å². The van der Waals surface area contributed by atoms with Gasteiger partial charge in [0.2, 0.25) is 5.91 Å². The number of benzene rings is 2. The van der Waals surface area contributed by atoms with Crippen LogP contribution in [0, 0.1) is 6.92 Å². The van der Waals surface area contributed by atoms with Gasteiger partial charge in [0, 0.05) is 29.1 Å². The Morgan fingerprint density at radius 2 is 1.62 bits per heavy atom. The molecule has 0 saturated heterocycles. The molecule has 0 saturated carbocycles. The number of amides is 2. The molecule has 0 fully saturated rings. The van der Waals surface area contributed by atoms with Gasteiger partial charge in [0.1, 0.15) is 11.4 Å². The summed E-state index contributed by atoms with van der Waals surface area (Å²) in [6.45, 7) is 8.12. The van der Waals surface area contributed by atoms with E-state index in [1.165, 1.54) is 13.0 Å². The number of Topliss-reactive ketones (excluding diaryl/α,β-unsaturated/α-hetero) is 1. The zero-order chi connectivity index (χ0) is 29.7. The molecule has 0 aliphatic rings. The van der Waals surface area contributed by atoms with Crippen molar-refractivity contribution >= 4 is 29.2 Å². The van der Waals surface area contributed by atoms with Gasteiger partial charge in [0.15, 0.2) is 5.78 Å². The highest BCUT2D eigenvalue weighted by molar-refractivity contribution is 6.12. The highest BCUT2D eigenvalue weighted by Crippen LogP contribution is 2.41. The number of aryl methyl sites for hydroxylation is 1. The molecule has 212 valence electrons. The fourth-order valence-electron chi connectivity index (χ4n) is 3.65. The molecule has 1 aromatic heterocycles. The van der Waals surface area contributed by atoms with Crippen LogP contribution >= 0.6 is 0 Å². The van der Waals surface area contributed by atoms with Crippen LogP contribution in [0.4, 0.5) is 29.3 Å². The number of anilines is 2. The number of ketones is 1. The number of alkyl halides is 3. The standard InChI is InChI=1S/C29H30F3N3O5/c1-6-39-25-14-23(35-27(38)40-28(3,4)5)22(13-21(25)29(30,31)32)34-26(37)15-24(36)19-9-7-8-18(12-19)20-11-10-17(2)33-16-20/h7-14,16H,6,15H2,1-5H3,(H,34,37)(H,35,38). The van der Waals surface area contributed by atoms with Crippen LogP contribution in [-0.2, 0) is 15.7 Å². The first-order valence-electron chi connectivity index (χ1n) is 12.4. The summed E-state index contributed by atoms with van der Waals surface area (Å²) in [7, 11) is 0. The van der Waals surface area contributed by atoms with Crippen molar-refractivity contribution in [3.63, 3.8) is 0 Å². The summed E-state index contributed by atoms with van der Waals surface area (Å²) in [6.07, 6.45) is -4.77. The van der Waals surface area contributed by atoms with Crippen molar-refractivity contribution < 1.29 is 37.0 Å². The van der Waals surface area contributed by atoms with Gasteiger partial charge < -0.3 is 14.8 Å². The van der Waals surface area contributed by atoms with E-state index in [1.54, 1.807) is 45.2 Å². The van der Waals surface area contributed by atoms with Gasteiger partial charge in [-0.3, -0.25) is 19.9 Å². The summed E-state index contributed by atoms with van der Waals surface area (Å²) in [6, 6.07) is 11.9. The largest absolute Gasteiger partial charge is 0.493 e. The average Bonchev–Trinajstić information content (AvgIpc) is 2.84. The molecule has 0 spiro atoms. The van der Waals surface area contributed by atoms with Crippen LogP contribution in [-0.4, -0.2) is 35.0 Å². The molecule has 0 atom stereocenters. The van der Waals surface area contributed by atoms with Crippen LogP contribution in [0.2, 0.25) is 0 Å². The summed E-state index contributed by atoms with van der Waals surface area (Å²) < 4.78 is 51.7. The lowest BCUT2D eigenvalue weighted by molar-refractivity contribution is -0.138. The smallest absolute Gasteiger partial charge is 0.420 e. The molecule has 1 heterocycles. The van der Waals surface area contributed by atoms with Gasteiger partial charge in [0.25, 0.3) is 0 Å². The normalized spacial score (nSPS) is 11.5. The van der Waals surface area contributed by atoms with E-state index in [4.69, 9.17) is 9.47 Å². The maximum Gasteiger partial charge on any atom is 0.420 e. The third-order valence-electron chi connectivity index (χ3n) is 5.39. The molecular formula is C29H30F3N3O5. The summed E-state index contributed by atoms with van der Waals surface area (Å²) in [5, 5.41) is 4.67. The predicted octanol–water partition coefficient (Wildman–Crippen LogP) is 7.03. The van der Waals surface area contributed by atoms with E-state index in [9.17, 15) is 27.6 Å². The maximum absolute atomic E-state index is 13.8. The number of nitrogens with zero attached hydrogens (tertiary/aromatic N) is 1. The SMILES string of the molecule is CCOc1cc(NC(=O)OC(C)(C)C)c(NC(=O)CC(=O)c2cccc(-c3ccc(C)nc3)c2)cc1C(F)(F)F. The minimum Gasteiger partial charge on any atom is -0.493 e. The number of hydrogen-bond acceptors (Lipinski definition) is 6. The van der Waals surface area contributed by atoms with Crippen LogP contribution in [0.5, 0.6) is 5.75 Å². The lowest BCUT2D eigenvalue weighted by Gasteiger charge is -2.22. The van der Waals surface area contributed by atoms with Crippen molar-refractivity contribution in [2.24, 2.45) is 0 Å². The van der Waals surface area contributed by atoms with Crippen molar-refractivity contribution in [2.45, 2.75) is 52.8 Å². The molecule has 8 nitrogen and oxygen atoms in total. The zero-order valence-corrected chi connectivity index (χ0v) is 22.7. The Balaban J connectivity index is 1.87. The summed E-state index contributed by atoms with van der Waals surface area (Å²) in [5.41, 5.74) is -0.0679. The second-order valence-electron chi connectivity index (χ2n) is 9.87. The highest BCUT2D eigenvalue weighted by Gasteiger charge is 2.36. The topological polar surface area (TPSA) is 107 Å². The van der Waals surface area contributed by atoms with Crippen molar-refractivity contribution in [3.05, 3.63) is 71.5 Å². The number of aromatic nitrogens is 1. The molecule has 2 amide bonds. The molecule has 3 aromatic rings. The molecule has 3 rings (SSSR count). The van der Waals surface area contributed by atoms with Gasteiger partial charge >= 0.3 is 12.3 Å². The number of pyridine rings is 1. The lowest BCUT2D eigenvalue weighted by atomic mass is 10.0. The number of nitrogens with one attached hydrogen (secondary N) is 2. The third kappa shape index (κ3) is 8.29. The molecule has 11 heteroatoms. The van der Waals surface area contributed by atoms with Crippen molar-refractivity contribution in [2.75, 3.05) is 17.2 Å². The van der Waals surface area contributed by atoms with Gasteiger partial charge in [-0.25, -0.2) is 4.79 Å². The number of ether oxygens (including phenoxy) is 2. The average molecular weight is 558 g/mol. The van der Waals surface area contributed by atoms with E-state index < -0.39 is 47.3 Å². The van der Waals surface area contributed by atoms with Gasteiger partial charge in [0.05, 0.1) is 30.0 Å². The summed E-state index contributed by atoms with van der Waals surface area (Å²) in [4.78, 5) is 42.3. The Labute approximate surface area is 229 Å². The van der Waals surface area contributed by atoms with Crippen LogP contribution in [0.3, 0.4) is 0 Å². The number of carbonyl (C=O) groups is 3. The quantitative estimate of drug-likeness (QED) is 0.227. The molecule has 0 bridgehead atoms. The Morgan fingerprint density at radius 1 is 0.925 bits per heavy atom. The molecule has 2 N–H and O–H groups in total. The fraction of sp³-hybridized carbons (Fsp3) is 0.310. The monoisotopic (exact) mass is 557 g/mol. The Bertz CT molecular complexity index is 1400. The Kier molecular flexibility index (Phi) is 9.18. The number of rotatable bonds is 8. The van der Waals surface area contributed by atoms with Crippen molar-refractivity contribution in [1.29, 1.82) is 0 Å². The van der Waals surface area contributed by atoms with Gasteiger partial charge in [-0.2, -0.15) is 13.2 Å². The summed E-state index contributed by atoms with van der Waals surface area (Å²) in [5.74, 6) is -1.97. The molecule has 0 aliphatic heterocycles. The molecule has 2 aromatic carbocycles. The van der Waals surface area contributed by atoms with Crippen molar-refractivity contribution in [3.8, 4) is 16.9 Å². The fourth-order valence-corrected chi connectivity index (χ4v) is 3.65. The van der Waals surface area contributed by atoms with E-state index in [0.29, 0.717) is 11.6 Å². The van der Waals surface area contributed by atoms with Gasteiger partial charge in [-0.15, -0.1) is 0 Å². The van der Waals surface area contributed by atoms with Gasteiger partial charge in [-0.1, -0.05) is 24.3 Å². The lowest BCUT2D eigenvalue weighted by Crippen LogP contribution is -2.28. The molecule has 0 aliphatic carbocycles. The first kappa shape index (κ1) is 30.1. The van der Waals surface area contributed by atoms with E-state index in [1.807, 2.05) is 19.1 Å². The third-order valence-corrected chi connectivity index (χ3v) is 5.39. The molecule has 0 unspecified atom stereocenters. The van der Waals surface area contributed by atoms with E-state index in [-0.39, 0.29) is 23.5 Å². The van der Waals surface area contributed by atoms with Gasteiger partial charge in [-0.05, 0) is 58.4 Å². The first-order chi connectivity index (χ1) is 18.7. The zero-order valence-electron chi connectivity index (χ0n) is 22.7. The summed E-state index contributed by atoms with van der Waals surface area (Å²) >= 11 is 0. The minimum absolute atomic E-state index is 0.0765. The Morgan fingerprint density at radius 3 is 2.23 bits per heavy atom. The Hall–Kier alpha value is -4.41. The molecule has 0 radical (unpaired) electrons. The molecule has 40 heavy (non-hydrogen) atoms. The maximum atomic E-state index is 13.8. The van der Waals surface area contributed by atoms with E-state index in [0.717, 1.165) is 17.3 Å². The van der Waals surface area contributed by atoms with E-state index >= 15 is 0 Å².